The monoisotopic (exact) mass is 397 g/mol. The molecule has 3 rings (SSSR count). The van der Waals surface area contributed by atoms with Gasteiger partial charge >= 0.3 is 5.97 Å². The van der Waals surface area contributed by atoms with Crippen LogP contribution in [0.4, 0.5) is 0 Å². The van der Waals surface area contributed by atoms with Crippen LogP contribution in [0.25, 0.3) is 10.9 Å². The number of rotatable bonds is 9. The summed E-state index contributed by atoms with van der Waals surface area (Å²) in [5, 5.41) is 9.54. The fraction of sp³-hybridized carbons (Fsp3) is 0.273. The molecule has 152 valence electrons. The number of nitrogens with zero attached hydrogens (tertiary/aromatic N) is 1. The number of fused-ring (bicyclic) bond motifs is 1. The molecule has 0 bridgehead atoms. The maximum atomic E-state index is 13.1. The molecule has 29 heavy (non-hydrogen) atoms. The topological polar surface area (TPSA) is 87.0 Å². The van der Waals surface area contributed by atoms with E-state index in [0.717, 1.165) is 5.69 Å². The summed E-state index contributed by atoms with van der Waals surface area (Å²) >= 11 is 0. The molecule has 0 amide bonds. The van der Waals surface area contributed by atoms with Gasteiger partial charge in [-0.15, -0.1) is 0 Å². The smallest absolute Gasteiger partial charge is 0.341 e. The fourth-order valence-electron chi connectivity index (χ4n) is 3.06. The Morgan fingerprint density at radius 3 is 2.48 bits per heavy atom. The number of aryl methyl sites for hydroxylation is 1. The van der Waals surface area contributed by atoms with Gasteiger partial charge < -0.3 is 19.3 Å². The third-order valence-corrected chi connectivity index (χ3v) is 4.35. The predicted octanol–water partition coefficient (Wildman–Crippen LogP) is 3.52. The second-order valence-corrected chi connectivity index (χ2v) is 6.37. The zero-order valence-corrected chi connectivity index (χ0v) is 16.4. The Bertz CT molecular complexity index is 1010. The molecule has 0 unspecified atom stereocenters. The lowest BCUT2D eigenvalue weighted by molar-refractivity contribution is -0.139. The number of carboxylic acid groups (broad SMARTS) is 1. The molecule has 0 aliphatic rings. The van der Waals surface area contributed by atoms with Crippen molar-refractivity contribution in [2.24, 2.45) is 0 Å². The lowest BCUT2D eigenvalue weighted by Crippen LogP contribution is -2.13. The first kappa shape index (κ1) is 20.4. The van der Waals surface area contributed by atoms with E-state index >= 15 is 0 Å². The first-order valence-corrected chi connectivity index (χ1v) is 9.32. The van der Waals surface area contributed by atoms with Gasteiger partial charge in [-0.2, -0.15) is 0 Å². The van der Waals surface area contributed by atoms with Gasteiger partial charge in [0.1, 0.15) is 18.1 Å². The molecular formula is C22H23NO6. The summed E-state index contributed by atoms with van der Waals surface area (Å²) in [6, 6.07) is 14.0. The molecule has 0 aliphatic heterocycles. The van der Waals surface area contributed by atoms with Crippen molar-refractivity contribution in [3.05, 3.63) is 59.8 Å². The highest BCUT2D eigenvalue weighted by molar-refractivity contribution is 6.04. The Kier molecular flexibility index (Phi) is 6.51. The van der Waals surface area contributed by atoms with Crippen molar-refractivity contribution in [2.75, 3.05) is 26.4 Å². The van der Waals surface area contributed by atoms with E-state index in [0.29, 0.717) is 47.8 Å². The Morgan fingerprint density at radius 1 is 1.03 bits per heavy atom. The van der Waals surface area contributed by atoms with Gasteiger partial charge in [0.2, 0.25) is 0 Å². The van der Waals surface area contributed by atoms with Crippen LogP contribution in [0.3, 0.4) is 0 Å². The first-order valence-electron chi connectivity index (χ1n) is 9.32. The highest BCUT2D eigenvalue weighted by Gasteiger charge is 2.17. The van der Waals surface area contributed by atoms with Crippen LogP contribution in [-0.2, 0) is 9.53 Å². The minimum Gasteiger partial charge on any atom is -0.491 e. The third-order valence-electron chi connectivity index (χ3n) is 4.35. The number of hydrogen-bond donors (Lipinski definition) is 1. The number of ether oxygens (including phenoxy) is 3. The van der Waals surface area contributed by atoms with Crippen LogP contribution in [0.2, 0.25) is 0 Å². The van der Waals surface area contributed by atoms with Crippen LogP contribution in [0.5, 0.6) is 11.5 Å². The van der Waals surface area contributed by atoms with Gasteiger partial charge in [0.05, 0.1) is 12.1 Å². The van der Waals surface area contributed by atoms with Crippen LogP contribution < -0.4 is 9.47 Å². The average Bonchev–Trinajstić information content (AvgIpc) is 3.06. The van der Waals surface area contributed by atoms with Crippen molar-refractivity contribution in [1.29, 1.82) is 0 Å². The Balaban J connectivity index is 1.82. The zero-order valence-electron chi connectivity index (χ0n) is 16.4. The molecule has 0 spiro atoms. The lowest BCUT2D eigenvalue weighted by atomic mass is 10.2. The third kappa shape index (κ3) is 4.75. The van der Waals surface area contributed by atoms with E-state index in [4.69, 9.17) is 19.3 Å². The molecular weight excluding hydrogens is 374 g/mol. The largest absolute Gasteiger partial charge is 0.491 e. The van der Waals surface area contributed by atoms with E-state index in [1.165, 1.54) is 0 Å². The number of hydrogen-bond acceptors (Lipinski definition) is 5. The minimum atomic E-state index is -1.06. The summed E-state index contributed by atoms with van der Waals surface area (Å²) in [4.78, 5) is 23.9. The average molecular weight is 397 g/mol. The molecule has 0 aliphatic carbocycles. The van der Waals surface area contributed by atoms with E-state index in [1.54, 1.807) is 47.0 Å². The van der Waals surface area contributed by atoms with Crippen molar-refractivity contribution in [2.45, 2.75) is 13.8 Å². The molecule has 3 aromatic rings. The van der Waals surface area contributed by atoms with Crippen molar-refractivity contribution in [3.63, 3.8) is 0 Å². The van der Waals surface area contributed by atoms with Gasteiger partial charge in [-0.25, -0.2) is 4.79 Å². The SMILES string of the molecule is CCOCCOc1ccc(C(=O)n2c(C)cc3c(OCC(=O)O)cccc32)cc1. The van der Waals surface area contributed by atoms with E-state index in [9.17, 15) is 9.59 Å². The molecule has 7 heteroatoms. The van der Waals surface area contributed by atoms with Gasteiger partial charge in [0, 0.05) is 23.3 Å². The van der Waals surface area contributed by atoms with E-state index < -0.39 is 12.6 Å². The predicted molar refractivity (Wildman–Crippen MR) is 108 cm³/mol. The van der Waals surface area contributed by atoms with Crippen molar-refractivity contribution in [3.8, 4) is 11.5 Å². The Morgan fingerprint density at radius 2 is 1.79 bits per heavy atom. The van der Waals surface area contributed by atoms with Gasteiger partial charge in [0.25, 0.3) is 5.91 Å². The second-order valence-electron chi connectivity index (χ2n) is 6.37. The second kappa shape index (κ2) is 9.25. The van der Waals surface area contributed by atoms with Gasteiger partial charge in [-0.1, -0.05) is 6.07 Å². The summed E-state index contributed by atoms with van der Waals surface area (Å²) in [5.41, 5.74) is 1.90. The molecule has 1 N–H and O–H groups in total. The summed E-state index contributed by atoms with van der Waals surface area (Å²) in [7, 11) is 0. The maximum Gasteiger partial charge on any atom is 0.341 e. The normalized spacial score (nSPS) is 10.8. The number of aliphatic carboxylic acids is 1. The van der Waals surface area contributed by atoms with Crippen LogP contribution in [0, 0.1) is 6.92 Å². The molecule has 0 atom stereocenters. The summed E-state index contributed by atoms with van der Waals surface area (Å²) in [6.07, 6.45) is 0. The molecule has 1 aromatic heterocycles. The molecule has 0 saturated carbocycles. The van der Waals surface area contributed by atoms with Gasteiger partial charge in [-0.05, 0) is 56.3 Å². The van der Waals surface area contributed by atoms with E-state index in [1.807, 2.05) is 19.9 Å². The Labute approximate surface area is 168 Å². The van der Waals surface area contributed by atoms with Gasteiger partial charge in [0.15, 0.2) is 6.61 Å². The van der Waals surface area contributed by atoms with Crippen LogP contribution in [-0.4, -0.2) is 48.0 Å². The quantitative estimate of drug-likeness (QED) is 0.556. The fourth-order valence-corrected chi connectivity index (χ4v) is 3.06. The summed E-state index contributed by atoms with van der Waals surface area (Å²) in [6.45, 7) is 4.91. The highest BCUT2D eigenvalue weighted by Crippen LogP contribution is 2.29. The number of benzene rings is 2. The number of aromatic nitrogens is 1. The minimum absolute atomic E-state index is 0.186. The highest BCUT2D eigenvalue weighted by atomic mass is 16.5. The van der Waals surface area contributed by atoms with Crippen molar-refractivity contribution in [1.82, 2.24) is 4.57 Å². The molecule has 0 radical (unpaired) electrons. The van der Waals surface area contributed by atoms with Crippen molar-refractivity contribution >= 4 is 22.8 Å². The maximum absolute atomic E-state index is 13.1. The lowest BCUT2D eigenvalue weighted by Gasteiger charge is -2.10. The van der Waals surface area contributed by atoms with Crippen molar-refractivity contribution < 1.29 is 28.9 Å². The van der Waals surface area contributed by atoms with Crippen LogP contribution >= 0.6 is 0 Å². The first-order chi connectivity index (χ1) is 14.0. The Hall–Kier alpha value is -3.32. The molecule has 2 aromatic carbocycles. The zero-order chi connectivity index (χ0) is 20.8. The number of carbonyl (C=O) groups is 2. The number of carboxylic acids is 1. The van der Waals surface area contributed by atoms with Gasteiger partial charge in [-0.3, -0.25) is 9.36 Å². The molecule has 1 heterocycles. The van der Waals surface area contributed by atoms with Crippen LogP contribution in [0.15, 0.2) is 48.5 Å². The van der Waals surface area contributed by atoms with Crippen LogP contribution in [0.1, 0.15) is 23.0 Å². The molecule has 0 fully saturated rings. The number of carbonyl (C=O) groups excluding carboxylic acids is 1. The summed E-state index contributed by atoms with van der Waals surface area (Å²) in [5.74, 6) is -0.149. The molecule has 0 saturated heterocycles. The van der Waals surface area contributed by atoms with E-state index in [2.05, 4.69) is 0 Å². The summed E-state index contributed by atoms with van der Waals surface area (Å²) < 4.78 is 17.8. The standard InChI is InChI=1S/C22H23NO6/c1-3-27-11-12-28-17-9-7-16(8-10-17)22(26)23-15(2)13-18-19(23)5-4-6-20(18)29-14-21(24)25/h4-10,13H,3,11-12,14H2,1-2H3,(H,24,25). The van der Waals surface area contributed by atoms with E-state index in [-0.39, 0.29) is 5.91 Å². The molecule has 7 nitrogen and oxygen atoms in total.